The molecule has 0 radical (unpaired) electrons. The fourth-order valence-corrected chi connectivity index (χ4v) is 39.6. The van der Waals surface area contributed by atoms with Gasteiger partial charge < -0.3 is 44.5 Å². The zero-order chi connectivity index (χ0) is 83.7. The molecule has 0 unspecified atom stereocenters. The van der Waals surface area contributed by atoms with Crippen LogP contribution in [-0.2, 0) is 18.9 Å². The van der Waals surface area contributed by atoms with E-state index in [4.69, 9.17) is 18.9 Å². The highest BCUT2D eigenvalue weighted by molar-refractivity contribution is 5.17. The van der Waals surface area contributed by atoms with Crippen LogP contribution in [0, 0.1) is 208 Å². The van der Waals surface area contributed by atoms with E-state index >= 15 is 0 Å². The van der Waals surface area contributed by atoms with E-state index in [-0.39, 0.29) is 54.9 Å². The second-order valence-corrected chi connectivity index (χ2v) is 51.5. The van der Waals surface area contributed by atoms with Gasteiger partial charge in [0.05, 0.1) is 61.0 Å². The summed E-state index contributed by atoms with van der Waals surface area (Å²) in [4.78, 5) is 0. The Labute approximate surface area is 723 Å². The predicted molar refractivity (Wildman–Crippen MR) is 480 cm³/mol. The number of hydrogen-bond donors (Lipinski definition) is 5. The summed E-state index contributed by atoms with van der Waals surface area (Å²) in [5.74, 6) is 22.9. The Morgan fingerprint density at radius 1 is 0.254 bits per heavy atom. The molecule has 9 nitrogen and oxygen atoms in total. The highest BCUT2D eigenvalue weighted by atomic mass is 16.5. The Morgan fingerprint density at radius 2 is 0.492 bits per heavy atom. The maximum atomic E-state index is 10.7. The molecule has 0 aromatic carbocycles. The van der Waals surface area contributed by atoms with Gasteiger partial charge >= 0.3 is 0 Å². The van der Waals surface area contributed by atoms with Gasteiger partial charge in [-0.3, -0.25) is 0 Å². The van der Waals surface area contributed by atoms with Crippen molar-refractivity contribution in [2.24, 2.45) is 208 Å². The summed E-state index contributed by atoms with van der Waals surface area (Å²) in [6.07, 6.45) is 57.0. The number of fused-ring (bicyclic) bond motifs is 25. The van der Waals surface area contributed by atoms with E-state index in [0.29, 0.717) is 83.9 Å². The quantitative estimate of drug-likeness (QED) is 0.169. The van der Waals surface area contributed by atoms with Crippen molar-refractivity contribution in [2.45, 2.75) is 455 Å². The van der Waals surface area contributed by atoms with E-state index in [1.807, 2.05) is 0 Å². The van der Waals surface area contributed by atoms with Crippen molar-refractivity contribution in [1.82, 2.24) is 0 Å². The lowest BCUT2D eigenvalue weighted by Gasteiger charge is -2.62. The molecule has 0 spiro atoms. The van der Waals surface area contributed by atoms with Gasteiger partial charge in [-0.1, -0.05) is 117 Å². The molecule has 5 N–H and O–H groups in total. The lowest BCUT2D eigenvalue weighted by molar-refractivity contribution is -0.174. The number of methoxy groups -OCH3 is 2. The molecule has 0 aromatic heterocycles. The highest BCUT2D eigenvalue weighted by Crippen LogP contribution is 2.75. The SMILES string of the molecule is CCO[C@H]1C[C@@]2(C)[C@@H](CC[C@@H]3[C@@H]2CC[C@]2(C)[C@H](C)CC[C@@H]32)C[C@@H]1O.CC[C@H]1C[C@@]2(C)[C@@H](CC[C@@H]3[C@@H]2CC[C@]2(C)[C@@H](C)CC[C@@H]32)C[C@@H]1O.CO[C@@H]1C[C@@]2(C)[C@@H](CC[C@@H]3[C@@H]2CC[C@]2(C)[C@@H](C)CC[C@@H]32)C[C@@H]1O.CO[C@H]1C[C@@]2(C)[C@@H](CC[C@@H]3[C@@H]2CC[C@]2(C)[C@@H](C)CC[C@@H]32)C[C@@H]1O.C[C@H]1CC[C@H]2[C@@H]3CC[C@H]4C[C@H](O)[C@@H](OC5CC5)C[C@]4(C)[C@H]3CC[C@]12C. The van der Waals surface area contributed by atoms with Gasteiger partial charge in [0.15, 0.2) is 0 Å². The third kappa shape index (κ3) is 14.8. The Balaban J connectivity index is 0.000000106. The van der Waals surface area contributed by atoms with Crippen molar-refractivity contribution in [3.8, 4) is 0 Å². The molecule has 676 valence electrons. The van der Waals surface area contributed by atoms with E-state index in [9.17, 15) is 25.5 Å². The zero-order valence-electron chi connectivity index (χ0n) is 79.8. The minimum Gasteiger partial charge on any atom is -0.393 e. The average Bonchev–Trinajstić information content (AvgIpc) is 1.53. The van der Waals surface area contributed by atoms with E-state index in [2.05, 4.69) is 118 Å². The summed E-state index contributed by atoms with van der Waals surface area (Å²) in [7, 11) is 3.57. The molecule has 0 amide bonds. The third-order valence-electron chi connectivity index (χ3n) is 48.3. The Bertz CT molecular complexity index is 3190. The Kier molecular flexibility index (Phi) is 25.5. The fraction of sp³-hybridized carbons (Fsp3) is 1.00. The molecule has 118 heavy (non-hydrogen) atoms. The highest BCUT2D eigenvalue weighted by Gasteiger charge is 2.68. The molecular formula is C109H186O9. The van der Waals surface area contributed by atoms with Crippen LogP contribution < -0.4 is 0 Å². The van der Waals surface area contributed by atoms with Gasteiger partial charge in [-0.05, 0) is 485 Å². The summed E-state index contributed by atoms with van der Waals surface area (Å²) in [6, 6.07) is 0. The molecule has 21 saturated carbocycles. The summed E-state index contributed by atoms with van der Waals surface area (Å²) in [5, 5.41) is 52.6. The molecular weight excluding hydrogens is 1450 g/mol. The van der Waals surface area contributed by atoms with Gasteiger partial charge in [0.25, 0.3) is 0 Å². The molecule has 21 fully saturated rings. The number of hydrogen-bond acceptors (Lipinski definition) is 9. The molecule has 0 saturated heterocycles. The molecule has 9 heteroatoms. The second-order valence-electron chi connectivity index (χ2n) is 51.5. The molecule has 21 aliphatic rings. The van der Waals surface area contributed by atoms with E-state index < -0.39 is 0 Å². The Hall–Kier alpha value is -0.360. The van der Waals surface area contributed by atoms with Crippen LogP contribution in [0.15, 0.2) is 0 Å². The number of aliphatic hydroxyl groups is 5. The van der Waals surface area contributed by atoms with Crippen LogP contribution in [0.4, 0.5) is 0 Å². The number of rotatable bonds is 7. The molecule has 21 rings (SSSR count). The van der Waals surface area contributed by atoms with Crippen molar-refractivity contribution in [2.75, 3.05) is 20.8 Å². The van der Waals surface area contributed by atoms with Crippen LogP contribution >= 0.6 is 0 Å². The van der Waals surface area contributed by atoms with Crippen LogP contribution in [-0.4, -0.2) is 107 Å². The van der Waals surface area contributed by atoms with Gasteiger partial charge in [-0.25, -0.2) is 0 Å². The largest absolute Gasteiger partial charge is 0.393 e. The normalized spacial score (nSPS) is 58.5. The molecule has 21 aliphatic carbocycles. The van der Waals surface area contributed by atoms with E-state index in [1.165, 1.54) is 218 Å². The zero-order valence-corrected chi connectivity index (χ0v) is 79.8. The predicted octanol–water partition coefficient (Wildman–Crippen LogP) is 25.2. The van der Waals surface area contributed by atoms with Crippen molar-refractivity contribution in [3.05, 3.63) is 0 Å². The van der Waals surface area contributed by atoms with Gasteiger partial charge in [0.1, 0.15) is 0 Å². The van der Waals surface area contributed by atoms with E-state index in [1.54, 1.807) is 14.2 Å². The number of ether oxygens (including phenoxy) is 4. The maximum absolute atomic E-state index is 10.7. The van der Waals surface area contributed by atoms with Gasteiger partial charge in [0, 0.05) is 20.8 Å². The Morgan fingerprint density at radius 3 is 0.754 bits per heavy atom. The first-order chi connectivity index (χ1) is 56.0. The van der Waals surface area contributed by atoms with Gasteiger partial charge in [-0.15, -0.1) is 0 Å². The van der Waals surface area contributed by atoms with Crippen LogP contribution in [0.25, 0.3) is 0 Å². The monoisotopic (exact) mass is 1640 g/mol. The van der Waals surface area contributed by atoms with Crippen LogP contribution in [0.1, 0.15) is 394 Å². The average molecular weight is 1640 g/mol. The van der Waals surface area contributed by atoms with Crippen LogP contribution in [0.3, 0.4) is 0 Å². The minimum atomic E-state index is -0.241. The summed E-state index contributed by atoms with van der Waals surface area (Å²) >= 11 is 0. The summed E-state index contributed by atoms with van der Waals surface area (Å²) in [6.45, 7) is 43.6. The molecule has 45 atom stereocenters. The molecule has 0 aliphatic heterocycles. The fourth-order valence-electron chi connectivity index (χ4n) is 39.6. The van der Waals surface area contributed by atoms with Crippen LogP contribution in [0.2, 0.25) is 0 Å². The van der Waals surface area contributed by atoms with Gasteiger partial charge in [0.2, 0.25) is 0 Å². The van der Waals surface area contributed by atoms with Crippen molar-refractivity contribution in [1.29, 1.82) is 0 Å². The molecule has 0 bridgehead atoms. The van der Waals surface area contributed by atoms with E-state index in [0.717, 1.165) is 195 Å². The maximum Gasteiger partial charge on any atom is 0.0843 e. The van der Waals surface area contributed by atoms with Crippen molar-refractivity contribution >= 4 is 0 Å². The number of aliphatic hydroxyl groups excluding tert-OH is 5. The second kappa shape index (κ2) is 33.5. The van der Waals surface area contributed by atoms with Gasteiger partial charge in [-0.2, -0.15) is 0 Å². The lowest BCUT2D eigenvalue weighted by atomic mass is 9.44. The van der Waals surface area contributed by atoms with Crippen LogP contribution in [0.5, 0.6) is 0 Å². The minimum absolute atomic E-state index is 0.0185. The lowest BCUT2D eigenvalue weighted by Crippen LogP contribution is -2.57. The first kappa shape index (κ1) is 89.6. The summed E-state index contributed by atoms with van der Waals surface area (Å²) in [5.41, 5.74) is 5.22. The van der Waals surface area contributed by atoms with Crippen molar-refractivity contribution < 1.29 is 44.5 Å². The first-order valence-corrected chi connectivity index (χ1v) is 52.7. The molecule has 0 heterocycles. The molecule has 0 aromatic rings. The third-order valence-corrected chi connectivity index (χ3v) is 48.3. The summed E-state index contributed by atoms with van der Waals surface area (Å²) < 4.78 is 23.6. The topological polar surface area (TPSA) is 138 Å². The smallest absolute Gasteiger partial charge is 0.0843 e. The first-order valence-electron chi connectivity index (χ1n) is 52.7. The standard InChI is InChI=1S/C23H38O2.C22H38O2.C22H38O.2C21H36O2/c1-14-4-9-18-17-8-5-15-12-20(24)21(25-16-6-7-16)13-23(15,3)19(17)10-11-22(14,18)2;1-5-24-20-13-22(4)15(12-19(20)23)7-8-16-17-9-6-14(2)21(17,3)11-10-18(16)22;1-5-15-13-22(4)16(12-20(15)23)7-8-17-18-9-6-14(2)21(18,3)11-10-19(17)22;2*1-13-5-8-16-15-7-6-14-11-18(22)19(23-4)12-21(14,3)17(15)9-10-20(13,16)2/h14-21,24H,4-13H2,1-3H3;14-20,23H,5-13H2,1-4H3;14-20,23H,5-13H2,1-4H3;2*13-19,22H,5-12H2,1-4H3/t14-,15-,17-,18-,19-,20-,21-,22+,23-;14-,15+,16+,17+,18+,19+,20+,21-,22+;14-,15-,16-,17-,18-,19-,20-,21+,22-;13-,14-,15-,16-,17-,18-,19+,20+,21-;13-,14-,15-,16-,17-,18-,19-,20+,21-/m01000/s1. The van der Waals surface area contributed by atoms with Crippen molar-refractivity contribution in [3.63, 3.8) is 0 Å².